The van der Waals surface area contributed by atoms with Gasteiger partial charge in [0.25, 0.3) is 5.91 Å². The van der Waals surface area contributed by atoms with Gasteiger partial charge in [-0.3, -0.25) is 4.79 Å². The average Bonchev–Trinajstić information content (AvgIpc) is 2.48. The Morgan fingerprint density at radius 3 is 2.84 bits per heavy atom. The molecule has 0 aliphatic carbocycles. The average molecular weight is 258 g/mol. The molecular formula is C15H18N2O2. The van der Waals surface area contributed by atoms with Crippen molar-refractivity contribution in [1.82, 2.24) is 4.90 Å². The number of benzene rings is 1. The third-order valence-corrected chi connectivity index (χ3v) is 3.54. The second kappa shape index (κ2) is 6.35. The van der Waals surface area contributed by atoms with E-state index < -0.39 is 0 Å². The number of amides is 1. The maximum absolute atomic E-state index is 12.3. The van der Waals surface area contributed by atoms with Gasteiger partial charge in [0.15, 0.2) is 0 Å². The van der Waals surface area contributed by atoms with Crippen LogP contribution in [0.5, 0.6) is 0 Å². The van der Waals surface area contributed by atoms with Crippen molar-refractivity contribution in [2.75, 3.05) is 26.8 Å². The number of carbonyl (C=O) groups is 1. The van der Waals surface area contributed by atoms with E-state index in [0.717, 1.165) is 32.5 Å². The quantitative estimate of drug-likeness (QED) is 0.833. The van der Waals surface area contributed by atoms with E-state index >= 15 is 0 Å². The number of rotatable bonds is 3. The van der Waals surface area contributed by atoms with E-state index in [4.69, 9.17) is 10.00 Å². The van der Waals surface area contributed by atoms with Crippen molar-refractivity contribution >= 4 is 5.91 Å². The maximum atomic E-state index is 12.3. The van der Waals surface area contributed by atoms with Crippen LogP contribution in [0.4, 0.5) is 0 Å². The summed E-state index contributed by atoms with van der Waals surface area (Å²) in [5.41, 5.74) is 1.13. The Kier molecular flexibility index (Phi) is 4.53. The molecule has 1 aromatic carbocycles. The molecular weight excluding hydrogens is 240 g/mol. The second-order valence-electron chi connectivity index (χ2n) is 4.88. The van der Waals surface area contributed by atoms with E-state index in [0.29, 0.717) is 17.0 Å². The van der Waals surface area contributed by atoms with Crippen molar-refractivity contribution in [2.45, 2.75) is 12.8 Å². The van der Waals surface area contributed by atoms with Gasteiger partial charge in [-0.25, -0.2) is 0 Å². The summed E-state index contributed by atoms with van der Waals surface area (Å²) in [6.45, 7) is 2.30. The zero-order valence-electron chi connectivity index (χ0n) is 11.1. The minimum atomic E-state index is 0.0213. The van der Waals surface area contributed by atoms with Gasteiger partial charge in [-0.15, -0.1) is 0 Å². The molecule has 0 aromatic heterocycles. The first-order chi connectivity index (χ1) is 9.24. The molecule has 1 heterocycles. The van der Waals surface area contributed by atoms with Crippen molar-refractivity contribution in [3.05, 3.63) is 35.4 Å². The molecule has 0 radical (unpaired) electrons. The smallest absolute Gasteiger partial charge is 0.253 e. The van der Waals surface area contributed by atoms with Crippen LogP contribution in [0.25, 0.3) is 0 Å². The number of hydrogen-bond donors (Lipinski definition) is 0. The van der Waals surface area contributed by atoms with Crippen LogP contribution in [0.3, 0.4) is 0 Å². The van der Waals surface area contributed by atoms with Gasteiger partial charge in [-0.2, -0.15) is 5.26 Å². The van der Waals surface area contributed by atoms with Crippen molar-refractivity contribution in [2.24, 2.45) is 5.92 Å². The van der Waals surface area contributed by atoms with Crippen LogP contribution in [0.15, 0.2) is 24.3 Å². The fourth-order valence-electron chi connectivity index (χ4n) is 2.44. The van der Waals surface area contributed by atoms with E-state index in [-0.39, 0.29) is 5.91 Å². The number of hydrogen-bond acceptors (Lipinski definition) is 3. The molecule has 0 N–H and O–H groups in total. The molecule has 1 amide bonds. The molecule has 1 aromatic rings. The molecule has 0 spiro atoms. The van der Waals surface area contributed by atoms with E-state index in [1.165, 1.54) is 0 Å². The summed E-state index contributed by atoms with van der Waals surface area (Å²) in [6.07, 6.45) is 1.97. The molecule has 100 valence electrons. The molecule has 0 unspecified atom stereocenters. The Morgan fingerprint density at radius 2 is 2.21 bits per heavy atom. The van der Waals surface area contributed by atoms with Gasteiger partial charge in [0, 0.05) is 32.4 Å². The lowest BCUT2D eigenvalue weighted by atomic mass is 9.97. The summed E-state index contributed by atoms with van der Waals surface area (Å²) in [4.78, 5) is 14.2. The number of likely N-dealkylation sites (tertiary alicyclic amines) is 1. The molecule has 1 saturated heterocycles. The van der Waals surface area contributed by atoms with Gasteiger partial charge >= 0.3 is 0 Å². The highest BCUT2D eigenvalue weighted by atomic mass is 16.5. The van der Waals surface area contributed by atoms with E-state index in [2.05, 4.69) is 6.07 Å². The number of nitriles is 1. The molecule has 19 heavy (non-hydrogen) atoms. The molecule has 0 bridgehead atoms. The summed E-state index contributed by atoms with van der Waals surface area (Å²) in [7, 11) is 1.71. The minimum absolute atomic E-state index is 0.0213. The molecule has 1 aliphatic heterocycles. The standard InChI is InChI=1S/C15H18N2O2/c1-19-11-12-5-7-17(8-6-12)15(18)14-4-2-3-13(9-14)10-16/h2-4,9,12H,5-8,11H2,1H3. The predicted octanol–water partition coefficient (Wildman–Crippen LogP) is 2.06. The Bertz CT molecular complexity index is 485. The minimum Gasteiger partial charge on any atom is -0.384 e. The summed E-state index contributed by atoms with van der Waals surface area (Å²) >= 11 is 0. The summed E-state index contributed by atoms with van der Waals surface area (Å²) in [5, 5.41) is 8.86. The first-order valence-electron chi connectivity index (χ1n) is 6.53. The Morgan fingerprint density at radius 1 is 1.47 bits per heavy atom. The van der Waals surface area contributed by atoms with Crippen LogP contribution in [0, 0.1) is 17.2 Å². The second-order valence-corrected chi connectivity index (χ2v) is 4.88. The first kappa shape index (κ1) is 13.6. The van der Waals surface area contributed by atoms with Crippen LogP contribution in [0.2, 0.25) is 0 Å². The molecule has 0 saturated carbocycles. The van der Waals surface area contributed by atoms with Gasteiger partial charge < -0.3 is 9.64 Å². The third-order valence-electron chi connectivity index (χ3n) is 3.54. The van der Waals surface area contributed by atoms with Crippen LogP contribution in [-0.4, -0.2) is 37.6 Å². The van der Waals surface area contributed by atoms with Crippen LogP contribution >= 0.6 is 0 Å². The van der Waals surface area contributed by atoms with E-state index in [1.54, 1.807) is 31.4 Å². The number of ether oxygens (including phenoxy) is 1. The number of piperidine rings is 1. The molecule has 4 nitrogen and oxygen atoms in total. The highest BCUT2D eigenvalue weighted by molar-refractivity contribution is 5.94. The van der Waals surface area contributed by atoms with Crippen molar-refractivity contribution in [1.29, 1.82) is 5.26 Å². The molecule has 4 heteroatoms. The zero-order valence-corrected chi connectivity index (χ0v) is 11.1. The number of methoxy groups -OCH3 is 1. The monoisotopic (exact) mass is 258 g/mol. The maximum Gasteiger partial charge on any atom is 0.253 e. The van der Waals surface area contributed by atoms with Crippen LogP contribution in [-0.2, 0) is 4.74 Å². The fraction of sp³-hybridized carbons (Fsp3) is 0.467. The fourth-order valence-corrected chi connectivity index (χ4v) is 2.44. The number of carbonyl (C=O) groups excluding carboxylic acids is 1. The largest absolute Gasteiger partial charge is 0.384 e. The molecule has 2 rings (SSSR count). The zero-order chi connectivity index (χ0) is 13.7. The predicted molar refractivity (Wildman–Crippen MR) is 71.7 cm³/mol. The van der Waals surface area contributed by atoms with Gasteiger partial charge in [0.1, 0.15) is 0 Å². The molecule has 1 fully saturated rings. The summed E-state index contributed by atoms with van der Waals surface area (Å²) in [5.74, 6) is 0.576. The molecule has 0 atom stereocenters. The summed E-state index contributed by atoms with van der Waals surface area (Å²) in [6, 6.07) is 8.95. The van der Waals surface area contributed by atoms with Gasteiger partial charge in [-0.05, 0) is 37.0 Å². The van der Waals surface area contributed by atoms with Gasteiger partial charge in [-0.1, -0.05) is 6.07 Å². The Balaban J connectivity index is 1.99. The highest BCUT2D eigenvalue weighted by Gasteiger charge is 2.23. The van der Waals surface area contributed by atoms with Crippen molar-refractivity contribution in [3.63, 3.8) is 0 Å². The van der Waals surface area contributed by atoms with E-state index in [9.17, 15) is 4.79 Å². The lowest BCUT2D eigenvalue weighted by Crippen LogP contribution is -2.39. The van der Waals surface area contributed by atoms with Gasteiger partial charge in [0.05, 0.1) is 11.6 Å². The normalized spacial score (nSPS) is 16.1. The first-order valence-corrected chi connectivity index (χ1v) is 6.53. The topological polar surface area (TPSA) is 53.3 Å². The van der Waals surface area contributed by atoms with Crippen molar-refractivity contribution < 1.29 is 9.53 Å². The van der Waals surface area contributed by atoms with E-state index in [1.807, 2.05) is 4.90 Å². The van der Waals surface area contributed by atoms with Gasteiger partial charge in [0.2, 0.25) is 0 Å². The highest BCUT2D eigenvalue weighted by Crippen LogP contribution is 2.19. The number of nitrogens with zero attached hydrogens (tertiary/aromatic N) is 2. The Hall–Kier alpha value is -1.86. The summed E-state index contributed by atoms with van der Waals surface area (Å²) < 4.78 is 5.15. The lowest BCUT2D eigenvalue weighted by Gasteiger charge is -2.31. The third kappa shape index (κ3) is 3.33. The SMILES string of the molecule is COCC1CCN(C(=O)c2cccc(C#N)c2)CC1. The Labute approximate surface area is 113 Å². The lowest BCUT2D eigenvalue weighted by molar-refractivity contribution is 0.0613. The van der Waals surface area contributed by atoms with Crippen LogP contribution < -0.4 is 0 Å². The van der Waals surface area contributed by atoms with Crippen LogP contribution in [0.1, 0.15) is 28.8 Å². The molecule has 1 aliphatic rings. The van der Waals surface area contributed by atoms with Crippen molar-refractivity contribution in [3.8, 4) is 6.07 Å².